The van der Waals surface area contributed by atoms with Crippen molar-refractivity contribution >= 4 is 5.82 Å². The Morgan fingerprint density at radius 2 is 2.06 bits per heavy atom. The Hall–Kier alpha value is -1.20. The standard InChI is InChI=1S/C13H23N5/c1-10-8-12(14-2)16-13(15-10)11-9-17(3)6-5-7-18(11)4/h8,11H,5-7,9H2,1-4H3,(H,14,15,16). The van der Waals surface area contributed by atoms with Gasteiger partial charge in [-0.1, -0.05) is 0 Å². The number of likely N-dealkylation sites (N-methyl/N-ethyl adjacent to an activating group) is 2. The lowest BCUT2D eigenvalue weighted by Gasteiger charge is -2.26. The summed E-state index contributed by atoms with van der Waals surface area (Å²) in [6, 6.07) is 2.26. The van der Waals surface area contributed by atoms with E-state index in [0.29, 0.717) is 0 Å². The minimum atomic E-state index is 0.282. The second kappa shape index (κ2) is 5.63. The van der Waals surface area contributed by atoms with Gasteiger partial charge in [0.25, 0.3) is 0 Å². The van der Waals surface area contributed by atoms with Crippen molar-refractivity contribution in [3.63, 3.8) is 0 Å². The van der Waals surface area contributed by atoms with Gasteiger partial charge in [-0.25, -0.2) is 9.97 Å². The van der Waals surface area contributed by atoms with Crippen molar-refractivity contribution in [2.24, 2.45) is 0 Å². The fourth-order valence-electron chi connectivity index (χ4n) is 2.42. The summed E-state index contributed by atoms with van der Waals surface area (Å²) in [6.45, 7) is 5.25. The number of aromatic nitrogens is 2. The molecule has 5 nitrogen and oxygen atoms in total. The molecule has 0 bridgehead atoms. The number of anilines is 1. The van der Waals surface area contributed by atoms with Gasteiger partial charge in [-0.05, 0) is 40.5 Å². The van der Waals surface area contributed by atoms with E-state index in [1.54, 1.807) is 0 Å². The number of hydrogen-bond donors (Lipinski definition) is 1. The van der Waals surface area contributed by atoms with Crippen molar-refractivity contribution in [1.82, 2.24) is 19.8 Å². The average molecular weight is 249 g/mol. The molecule has 1 aliphatic rings. The maximum absolute atomic E-state index is 4.61. The van der Waals surface area contributed by atoms with Crippen molar-refractivity contribution in [2.45, 2.75) is 19.4 Å². The van der Waals surface area contributed by atoms with Crippen molar-refractivity contribution in [2.75, 3.05) is 46.1 Å². The molecule has 0 radical (unpaired) electrons. The summed E-state index contributed by atoms with van der Waals surface area (Å²) < 4.78 is 0. The van der Waals surface area contributed by atoms with Crippen molar-refractivity contribution < 1.29 is 0 Å². The second-order valence-electron chi connectivity index (χ2n) is 5.11. The molecule has 0 amide bonds. The normalized spacial score (nSPS) is 22.8. The summed E-state index contributed by atoms with van der Waals surface area (Å²) in [5.41, 5.74) is 1.02. The van der Waals surface area contributed by atoms with Gasteiger partial charge in [0.2, 0.25) is 0 Å². The number of nitrogens with zero attached hydrogens (tertiary/aromatic N) is 4. The highest BCUT2D eigenvalue weighted by Gasteiger charge is 2.24. The monoisotopic (exact) mass is 249 g/mol. The number of aryl methyl sites for hydroxylation is 1. The molecule has 0 aromatic carbocycles. The van der Waals surface area contributed by atoms with Gasteiger partial charge >= 0.3 is 0 Å². The van der Waals surface area contributed by atoms with Gasteiger partial charge in [0, 0.05) is 25.4 Å². The molecule has 1 aromatic heterocycles. The molecule has 0 saturated carbocycles. The predicted octanol–water partition coefficient (Wildman–Crippen LogP) is 1.14. The minimum Gasteiger partial charge on any atom is -0.373 e. The van der Waals surface area contributed by atoms with E-state index in [1.807, 2.05) is 20.0 Å². The lowest BCUT2D eigenvalue weighted by molar-refractivity contribution is 0.219. The summed E-state index contributed by atoms with van der Waals surface area (Å²) in [7, 11) is 6.23. The van der Waals surface area contributed by atoms with E-state index >= 15 is 0 Å². The molecule has 1 N–H and O–H groups in total. The van der Waals surface area contributed by atoms with Crippen LogP contribution in [0, 0.1) is 6.92 Å². The lowest BCUT2D eigenvalue weighted by Crippen LogP contribution is -2.32. The Morgan fingerprint density at radius 3 is 2.78 bits per heavy atom. The van der Waals surface area contributed by atoms with Gasteiger partial charge in [0.15, 0.2) is 0 Å². The molecule has 0 spiro atoms. The highest BCUT2D eigenvalue weighted by Crippen LogP contribution is 2.21. The second-order valence-corrected chi connectivity index (χ2v) is 5.11. The average Bonchev–Trinajstić information content (AvgIpc) is 2.50. The maximum Gasteiger partial charge on any atom is 0.149 e. The quantitative estimate of drug-likeness (QED) is 0.851. The summed E-state index contributed by atoms with van der Waals surface area (Å²) in [5.74, 6) is 1.83. The molecule has 5 heteroatoms. The number of rotatable bonds is 2. The van der Waals surface area contributed by atoms with E-state index in [0.717, 1.165) is 37.0 Å². The Morgan fingerprint density at radius 1 is 1.28 bits per heavy atom. The van der Waals surface area contributed by atoms with Gasteiger partial charge in [0.1, 0.15) is 11.6 Å². The van der Waals surface area contributed by atoms with Gasteiger partial charge in [-0.3, -0.25) is 4.90 Å². The molecule has 18 heavy (non-hydrogen) atoms. The topological polar surface area (TPSA) is 44.3 Å². The molecular weight excluding hydrogens is 226 g/mol. The van der Waals surface area contributed by atoms with Gasteiger partial charge in [-0.2, -0.15) is 0 Å². The molecule has 1 aliphatic heterocycles. The first-order valence-electron chi connectivity index (χ1n) is 6.52. The molecule has 1 fully saturated rings. The molecule has 2 rings (SSSR count). The molecule has 0 aliphatic carbocycles. The smallest absolute Gasteiger partial charge is 0.149 e. The van der Waals surface area contributed by atoms with Gasteiger partial charge in [-0.15, -0.1) is 0 Å². The molecule has 1 aromatic rings. The van der Waals surface area contributed by atoms with E-state index in [1.165, 1.54) is 6.42 Å². The van der Waals surface area contributed by atoms with Crippen LogP contribution in [0.2, 0.25) is 0 Å². The first-order valence-corrected chi connectivity index (χ1v) is 6.52. The van der Waals surface area contributed by atoms with Crippen LogP contribution >= 0.6 is 0 Å². The van der Waals surface area contributed by atoms with Crippen LogP contribution in [0.25, 0.3) is 0 Å². The zero-order chi connectivity index (χ0) is 13.1. The zero-order valence-corrected chi connectivity index (χ0v) is 11.8. The van der Waals surface area contributed by atoms with Crippen molar-refractivity contribution in [3.8, 4) is 0 Å². The third-order valence-electron chi connectivity index (χ3n) is 3.49. The Labute approximate surface area is 109 Å². The molecule has 100 valence electrons. The van der Waals surface area contributed by atoms with Gasteiger partial charge in [0.05, 0.1) is 6.04 Å². The number of hydrogen-bond acceptors (Lipinski definition) is 5. The zero-order valence-electron chi connectivity index (χ0n) is 11.8. The Bertz CT molecular complexity index is 406. The van der Waals surface area contributed by atoms with E-state index in [-0.39, 0.29) is 6.04 Å². The predicted molar refractivity (Wildman–Crippen MR) is 73.8 cm³/mol. The highest BCUT2D eigenvalue weighted by molar-refractivity contribution is 5.35. The third-order valence-corrected chi connectivity index (χ3v) is 3.49. The summed E-state index contributed by atoms with van der Waals surface area (Å²) in [4.78, 5) is 13.9. The first-order chi connectivity index (χ1) is 8.60. The van der Waals surface area contributed by atoms with Crippen LogP contribution in [0.15, 0.2) is 6.07 Å². The maximum atomic E-state index is 4.61. The third kappa shape index (κ3) is 2.97. The Kier molecular flexibility index (Phi) is 4.14. The molecule has 1 unspecified atom stereocenters. The van der Waals surface area contributed by atoms with Crippen molar-refractivity contribution in [1.29, 1.82) is 0 Å². The van der Waals surface area contributed by atoms with Crippen molar-refractivity contribution in [3.05, 3.63) is 17.6 Å². The van der Waals surface area contributed by atoms with E-state index in [9.17, 15) is 0 Å². The lowest BCUT2D eigenvalue weighted by atomic mass is 10.2. The van der Waals surface area contributed by atoms with Crippen LogP contribution in [0.3, 0.4) is 0 Å². The summed E-state index contributed by atoms with van der Waals surface area (Å²) in [6.07, 6.45) is 1.20. The summed E-state index contributed by atoms with van der Waals surface area (Å²) >= 11 is 0. The van der Waals surface area contributed by atoms with Crippen LogP contribution in [-0.4, -0.2) is 60.5 Å². The summed E-state index contributed by atoms with van der Waals surface area (Å²) in [5, 5.41) is 3.11. The molecular formula is C13H23N5. The first kappa shape index (κ1) is 13.2. The SMILES string of the molecule is CNc1cc(C)nc(C2CN(C)CCCN2C)n1. The van der Waals surface area contributed by atoms with Crippen LogP contribution < -0.4 is 5.32 Å². The molecule has 1 saturated heterocycles. The number of nitrogens with one attached hydrogen (secondary N) is 1. The fourth-order valence-corrected chi connectivity index (χ4v) is 2.42. The van der Waals surface area contributed by atoms with E-state index in [4.69, 9.17) is 0 Å². The van der Waals surface area contributed by atoms with Gasteiger partial charge < -0.3 is 10.2 Å². The largest absolute Gasteiger partial charge is 0.373 e. The van der Waals surface area contributed by atoms with E-state index < -0.39 is 0 Å². The molecule has 1 atom stereocenters. The Balaban J connectivity index is 2.29. The van der Waals surface area contributed by atoms with E-state index in [2.05, 4.69) is 39.2 Å². The molecule has 2 heterocycles. The van der Waals surface area contributed by atoms with Crippen LogP contribution in [0.5, 0.6) is 0 Å². The van der Waals surface area contributed by atoms with Crippen LogP contribution in [0.1, 0.15) is 24.0 Å². The van der Waals surface area contributed by atoms with Crippen LogP contribution in [0.4, 0.5) is 5.82 Å². The highest BCUT2D eigenvalue weighted by atomic mass is 15.2. The fraction of sp³-hybridized carbons (Fsp3) is 0.692. The van der Waals surface area contributed by atoms with Crippen LogP contribution in [-0.2, 0) is 0 Å². The minimum absolute atomic E-state index is 0.282.